The summed E-state index contributed by atoms with van der Waals surface area (Å²) in [5.74, 6) is 1.43. The Kier molecular flexibility index (Phi) is 2.35. The summed E-state index contributed by atoms with van der Waals surface area (Å²) in [5.41, 5.74) is 9.59. The van der Waals surface area contributed by atoms with Crippen molar-refractivity contribution in [3.63, 3.8) is 0 Å². The molecule has 3 rings (SSSR count). The summed E-state index contributed by atoms with van der Waals surface area (Å²) < 4.78 is 2.23. The number of nitrogen functional groups attached to an aromatic ring is 1. The topological polar surface area (TPSA) is 43.8 Å². The molecule has 0 spiro atoms. The van der Waals surface area contributed by atoms with E-state index >= 15 is 0 Å². The van der Waals surface area contributed by atoms with Gasteiger partial charge in [0.25, 0.3) is 0 Å². The van der Waals surface area contributed by atoms with Gasteiger partial charge in [-0.2, -0.15) is 0 Å². The highest BCUT2D eigenvalue weighted by Gasteiger charge is 2.27. The number of anilines is 1. The molecule has 1 aromatic carbocycles. The number of nitrogens with zero attached hydrogens (tertiary/aromatic N) is 2. The molecule has 0 saturated heterocycles. The third-order valence-electron chi connectivity index (χ3n) is 4.18. The van der Waals surface area contributed by atoms with E-state index in [-0.39, 0.29) is 0 Å². The second-order valence-electron chi connectivity index (χ2n) is 5.21. The van der Waals surface area contributed by atoms with Gasteiger partial charge in [0.15, 0.2) is 0 Å². The Balaban J connectivity index is 2.16. The third-order valence-corrected chi connectivity index (χ3v) is 4.18. The fourth-order valence-corrected chi connectivity index (χ4v) is 2.88. The first kappa shape index (κ1) is 10.6. The second-order valence-corrected chi connectivity index (χ2v) is 5.21. The summed E-state index contributed by atoms with van der Waals surface area (Å²) in [4.78, 5) is 4.48. The lowest BCUT2D eigenvalue weighted by molar-refractivity contribution is 0.227. The van der Waals surface area contributed by atoms with E-state index in [9.17, 15) is 0 Å². The second kappa shape index (κ2) is 3.76. The van der Waals surface area contributed by atoms with Crippen LogP contribution in [0, 0.1) is 12.8 Å². The van der Waals surface area contributed by atoms with Crippen LogP contribution in [0.5, 0.6) is 0 Å². The molecule has 0 aliphatic heterocycles. The van der Waals surface area contributed by atoms with Crippen molar-refractivity contribution < 1.29 is 0 Å². The van der Waals surface area contributed by atoms with Gasteiger partial charge in [0.1, 0.15) is 0 Å². The van der Waals surface area contributed by atoms with Crippen molar-refractivity contribution in [1.82, 2.24) is 9.55 Å². The standard InChI is InChI=1S/C14H19N3/c1-9-5-3-8-12-13(9)17(14(15)16-12)10(2)11-6-4-7-11/h3,5,8,10-11H,4,6-7H2,1-2H3,(H2,15,16). The van der Waals surface area contributed by atoms with Crippen LogP contribution in [0.15, 0.2) is 18.2 Å². The molecule has 3 heteroatoms. The van der Waals surface area contributed by atoms with Crippen LogP contribution in [-0.4, -0.2) is 9.55 Å². The smallest absolute Gasteiger partial charge is 0.201 e. The molecule has 0 bridgehead atoms. The predicted molar refractivity (Wildman–Crippen MR) is 70.9 cm³/mol. The highest BCUT2D eigenvalue weighted by Crippen LogP contribution is 2.39. The van der Waals surface area contributed by atoms with E-state index in [1.165, 1.54) is 30.3 Å². The minimum atomic E-state index is 0.467. The summed E-state index contributed by atoms with van der Waals surface area (Å²) in [6, 6.07) is 6.69. The Morgan fingerprint density at radius 2 is 2.18 bits per heavy atom. The number of fused-ring (bicyclic) bond motifs is 1. The lowest BCUT2D eigenvalue weighted by Gasteiger charge is -2.33. The number of para-hydroxylation sites is 1. The van der Waals surface area contributed by atoms with Crippen molar-refractivity contribution in [2.24, 2.45) is 5.92 Å². The van der Waals surface area contributed by atoms with Crippen LogP contribution in [0.4, 0.5) is 5.95 Å². The Hall–Kier alpha value is -1.51. The van der Waals surface area contributed by atoms with Gasteiger partial charge in [0.2, 0.25) is 5.95 Å². The minimum absolute atomic E-state index is 0.467. The van der Waals surface area contributed by atoms with Crippen LogP contribution in [-0.2, 0) is 0 Å². The van der Waals surface area contributed by atoms with Gasteiger partial charge in [-0.05, 0) is 44.2 Å². The monoisotopic (exact) mass is 229 g/mol. The van der Waals surface area contributed by atoms with Crippen molar-refractivity contribution >= 4 is 17.0 Å². The maximum atomic E-state index is 6.09. The number of aromatic nitrogens is 2. The van der Waals surface area contributed by atoms with Crippen LogP contribution in [0.25, 0.3) is 11.0 Å². The SMILES string of the molecule is Cc1cccc2nc(N)n(C(C)C3CCC3)c12. The van der Waals surface area contributed by atoms with Gasteiger partial charge in [0.05, 0.1) is 11.0 Å². The zero-order valence-electron chi connectivity index (χ0n) is 10.5. The van der Waals surface area contributed by atoms with Gasteiger partial charge in [-0.25, -0.2) is 4.98 Å². The van der Waals surface area contributed by atoms with Gasteiger partial charge >= 0.3 is 0 Å². The molecule has 3 nitrogen and oxygen atoms in total. The van der Waals surface area contributed by atoms with Crippen LogP contribution in [0.1, 0.15) is 37.8 Å². The Morgan fingerprint density at radius 1 is 1.41 bits per heavy atom. The first-order chi connectivity index (χ1) is 8.18. The summed E-state index contributed by atoms with van der Waals surface area (Å²) in [5, 5.41) is 0. The zero-order chi connectivity index (χ0) is 12.0. The largest absolute Gasteiger partial charge is 0.369 e. The number of hydrogen-bond acceptors (Lipinski definition) is 2. The summed E-state index contributed by atoms with van der Waals surface area (Å²) in [7, 11) is 0. The molecule has 17 heavy (non-hydrogen) atoms. The highest BCUT2D eigenvalue weighted by molar-refractivity contribution is 5.81. The molecule has 1 fully saturated rings. The van der Waals surface area contributed by atoms with Crippen LogP contribution >= 0.6 is 0 Å². The number of rotatable bonds is 2. The molecule has 2 N–H and O–H groups in total. The fourth-order valence-electron chi connectivity index (χ4n) is 2.88. The lowest BCUT2D eigenvalue weighted by Crippen LogP contribution is -2.24. The molecule has 1 aliphatic carbocycles. The van der Waals surface area contributed by atoms with Crippen LogP contribution in [0.2, 0.25) is 0 Å². The van der Waals surface area contributed by atoms with Crippen molar-refractivity contribution in [2.75, 3.05) is 5.73 Å². The average Bonchev–Trinajstić information content (AvgIpc) is 2.53. The van der Waals surface area contributed by atoms with Crippen LogP contribution in [0.3, 0.4) is 0 Å². The number of aryl methyl sites for hydroxylation is 1. The first-order valence-electron chi connectivity index (χ1n) is 6.41. The summed E-state index contributed by atoms with van der Waals surface area (Å²) in [6.07, 6.45) is 4.01. The van der Waals surface area contributed by atoms with E-state index < -0.39 is 0 Å². The van der Waals surface area contributed by atoms with Gasteiger partial charge in [-0.15, -0.1) is 0 Å². The molecular weight excluding hydrogens is 210 g/mol. The van der Waals surface area contributed by atoms with Crippen molar-refractivity contribution in [2.45, 2.75) is 39.2 Å². The van der Waals surface area contributed by atoms with E-state index in [0.717, 1.165) is 11.4 Å². The van der Waals surface area contributed by atoms with E-state index in [4.69, 9.17) is 5.73 Å². The van der Waals surface area contributed by atoms with E-state index in [1.807, 2.05) is 12.1 Å². The zero-order valence-corrected chi connectivity index (χ0v) is 10.5. The molecule has 1 atom stereocenters. The number of nitrogens with two attached hydrogens (primary N) is 1. The predicted octanol–water partition coefficient (Wildman–Crippen LogP) is 3.29. The number of imidazole rings is 1. The molecule has 1 unspecified atom stereocenters. The average molecular weight is 229 g/mol. The molecule has 90 valence electrons. The van der Waals surface area contributed by atoms with E-state index in [1.54, 1.807) is 0 Å². The van der Waals surface area contributed by atoms with Crippen molar-refractivity contribution in [3.05, 3.63) is 23.8 Å². The Bertz CT molecular complexity index is 552. The Morgan fingerprint density at radius 3 is 2.82 bits per heavy atom. The molecule has 1 heterocycles. The molecule has 0 amide bonds. The number of benzene rings is 1. The van der Waals surface area contributed by atoms with Gasteiger partial charge in [-0.1, -0.05) is 18.6 Å². The van der Waals surface area contributed by atoms with Gasteiger partial charge in [-0.3, -0.25) is 0 Å². The van der Waals surface area contributed by atoms with E-state index in [2.05, 4.69) is 29.5 Å². The van der Waals surface area contributed by atoms with Crippen LogP contribution < -0.4 is 5.73 Å². The summed E-state index contributed by atoms with van der Waals surface area (Å²) >= 11 is 0. The quantitative estimate of drug-likeness (QED) is 0.858. The van der Waals surface area contributed by atoms with Gasteiger partial charge < -0.3 is 10.3 Å². The third kappa shape index (κ3) is 1.53. The molecule has 0 radical (unpaired) electrons. The van der Waals surface area contributed by atoms with Crippen molar-refractivity contribution in [3.8, 4) is 0 Å². The van der Waals surface area contributed by atoms with E-state index in [0.29, 0.717) is 12.0 Å². The summed E-state index contributed by atoms with van der Waals surface area (Å²) in [6.45, 7) is 4.40. The lowest BCUT2D eigenvalue weighted by atomic mass is 9.80. The maximum Gasteiger partial charge on any atom is 0.201 e. The maximum absolute atomic E-state index is 6.09. The number of hydrogen-bond donors (Lipinski definition) is 1. The first-order valence-corrected chi connectivity index (χ1v) is 6.41. The molecule has 1 aromatic heterocycles. The molecular formula is C14H19N3. The normalized spacial score (nSPS) is 18.2. The van der Waals surface area contributed by atoms with Crippen molar-refractivity contribution in [1.29, 1.82) is 0 Å². The molecule has 2 aromatic rings. The Labute approximate surface area is 102 Å². The van der Waals surface area contributed by atoms with Gasteiger partial charge in [0, 0.05) is 6.04 Å². The minimum Gasteiger partial charge on any atom is -0.369 e. The fraction of sp³-hybridized carbons (Fsp3) is 0.500. The highest BCUT2D eigenvalue weighted by atomic mass is 15.2. The molecule has 1 saturated carbocycles. The molecule has 1 aliphatic rings.